The zero-order valence-electron chi connectivity index (χ0n) is 33.4. The van der Waals surface area contributed by atoms with Gasteiger partial charge in [-0.1, -0.05) is 200 Å². The minimum Gasteiger partial charge on any atom is -0.309 e. The van der Waals surface area contributed by atoms with Crippen molar-refractivity contribution >= 4 is 21.8 Å². The van der Waals surface area contributed by atoms with Crippen LogP contribution in [0.4, 0.5) is 0 Å². The number of para-hydroxylation sites is 2. The molecule has 286 valence electrons. The van der Waals surface area contributed by atoms with Crippen LogP contribution in [0, 0.1) is 0 Å². The molecular formula is C58H39N3. The predicted octanol–water partition coefficient (Wildman–Crippen LogP) is 15.2. The maximum atomic E-state index is 5.13. The number of hydrogen-bond acceptors (Lipinski definition) is 2. The number of aromatic nitrogens is 3. The van der Waals surface area contributed by atoms with Gasteiger partial charge in [-0.05, 0) is 75.3 Å². The Hall–Kier alpha value is -8.14. The number of fused-ring (bicyclic) bond motifs is 3. The minimum absolute atomic E-state index is 0.704. The lowest BCUT2D eigenvalue weighted by molar-refractivity contribution is 1.18. The van der Waals surface area contributed by atoms with E-state index < -0.39 is 0 Å². The van der Waals surface area contributed by atoms with E-state index in [4.69, 9.17) is 9.97 Å². The molecule has 9 aromatic carbocycles. The highest BCUT2D eigenvalue weighted by Crippen LogP contribution is 2.40. The van der Waals surface area contributed by atoms with Gasteiger partial charge in [-0.15, -0.1) is 0 Å². The highest BCUT2D eigenvalue weighted by Gasteiger charge is 2.18. The van der Waals surface area contributed by atoms with E-state index in [9.17, 15) is 0 Å². The second-order valence-corrected chi connectivity index (χ2v) is 15.4. The number of hydrogen-bond donors (Lipinski definition) is 0. The van der Waals surface area contributed by atoms with Crippen LogP contribution in [0.3, 0.4) is 0 Å². The fourth-order valence-electron chi connectivity index (χ4n) is 8.58. The lowest BCUT2D eigenvalue weighted by atomic mass is 9.97. The van der Waals surface area contributed by atoms with E-state index in [-0.39, 0.29) is 0 Å². The van der Waals surface area contributed by atoms with Crippen molar-refractivity contribution in [2.24, 2.45) is 0 Å². The first-order valence-corrected chi connectivity index (χ1v) is 20.7. The zero-order valence-corrected chi connectivity index (χ0v) is 33.4. The van der Waals surface area contributed by atoms with Gasteiger partial charge in [0.05, 0.1) is 22.4 Å². The van der Waals surface area contributed by atoms with Gasteiger partial charge in [-0.25, -0.2) is 9.97 Å². The lowest BCUT2D eigenvalue weighted by Crippen LogP contribution is -1.96. The van der Waals surface area contributed by atoms with Crippen LogP contribution >= 0.6 is 0 Å². The summed E-state index contributed by atoms with van der Waals surface area (Å²) >= 11 is 0. The molecule has 0 unspecified atom stereocenters. The third kappa shape index (κ3) is 6.88. The van der Waals surface area contributed by atoms with E-state index in [1.807, 2.05) is 24.3 Å². The van der Waals surface area contributed by atoms with Crippen LogP contribution in [0.2, 0.25) is 0 Å². The van der Waals surface area contributed by atoms with E-state index in [0.29, 0.717) is 5.82 Å². The first-order chi connectivity index (χ1) is 30.2. The van der Waals surface area contributed by atoms with Crippen molar-refractivity contribution in [3.63, 3.8) is 0 Å². The van der Waals surface area contributed by atoms with E-state index in [1.165, 1.54) is 55.2 Å². The topological polar surface area (TPSA) is 30.7 Å². The van der Waals surface area contributed by atoms with Crippen LogP contribution in [0.5, 0.6) is 0 Å². The molecule has 11 rings (SSSR count). The molecule has 0 amide bonds. The van der Waals surface area contributed by atoms with Crippen molar-refractivity contribution in [2.45, 2.75) is 0 Å². The zero-order chi connectivity index (χ0) is 40.5. The van der Waals surface area contributed by atoms with Gasteiger partial charge in [0.25, 0.3) is 0 Å². The summed E-state index contributed by atoms with van der Waals surface area (Å²) in [7, 11) is 0. The largest absolute Gasteiger partial charge is 0.309 e. The second kappa shape index (κ2) is 15.6. The Morgan fingerprint density at radius 1 is 0.279 bits per heavy atom. The molecule has 0 spiro atoms. The van der Waals surface area contributed by atoms with Crippen LogP contribution in [0.25, 0.3) is 106 Å². The number of nitrogens with zero attached hydrogens (tertiary/aromatic N) is 3. The molecular weight excluding hydrogens is 739 g/mol. The van der Waals surface area contributed by atoms with Gasteiger partial charge < -0.3 is 4.57 Å². The van der Waals surface area contributed by atoms with Gasteiger partial charge in [0.15, 0.2) is 5.82 Å². The summed E-state index contributed by atoms with van der Waals surface area (Å²) in [5.41, 5.74) is 17.8. The Morgan fingerprint density at radius 2 is 0.738 bits per heavy atom. The van der Waals surface area contributed by atoms with Crippen molar-refractivity contribution in [2.75, 3.05) is 0 Å². The van der Waals surface area contributed by atoms with Gasteiger partial charge in [0.1, 0.15) is 0 Å². The van der Waals surface area contributed by atoms with E-state index in [0.717, 1.165) is 44.9 Å². The summed E-state index contributed by atoms with van der Waals surface area (Å²) in [6, 6.07) is 84.0. The highest BCUT2D eigenvalue weighted by atomic mass is 15.0. The normalized spacial score (nSPS) is 11.3. The van der Waals surface area contributed by atoms with Gasteiger partial charge in [-0.2, -0.15) is 0 Å². The van der Waals surface area contributed by atoms with Crippen LogP contribution in [0.15, 0.2) is 237 Å². The first-order valence-electron chi connectivity index (χ1n) is 20.7. The summed E-state index contributed by atoms with van der Waals surface area (Å²) in [6.45, 7) is 0. The molecule has 2 heterocycles. The van der Waals surface area contributed by atoms with E-state index in [1.54, 1.807) is 0 Å². The Bertz CT molecular complexity index is 3300. The smallest absolute Gasteiger partial charge is 0.160 e. The molecule has 0 radical (unpaired) electrons. The SMILES string of the molecule is c1ccc(-c2ccc(-c3cc(-c4cccc(-c5ccc(-c6ccc7c(c6)c6cccc(-c8ccccc8)c6n7-c6ccccc6)cc5)c4)nc(-c4ccccc4)n3)cc2)cc1. The molecule has 0 aliphatic carbocycles. The molecule has 3 heteroatoms. The molecule has 2 aromatic heterocycles. The van der Waals surface area contributed by atoms with E-state index >= 15 is 0 Å². The summed E-state index contributed by atoms with van der Waals surface area (Å²) in [5, 5.41) is 2.47. The summed E-state index contributed by atoms with van der Waals surface area (Å²) in [6.07, 6.45) is 0. The molecule has 0 aliphatic rings. The monoisotopic (exact) mass is 777 g/mol. The lowest BCUT2D eigenvalue weighted by Gasteiger charge is -2.12. The third-order valence-electron chi connectivity index (χ3n) is 11.6. The highest BCUT2D eigenvalue weighted by molar-refractivity contribution is 6.14. The van der Waals surface area contributed by atoms with Crippen LogP contribution in [-0.4, -0.2) is 14.5 Å². The predicted molar refractivity (Wildman–Crippen MR) is 254 cm³/mol. The maximum Gasteiger partial charge on any atom is 0.160 e. The fraction of sp³-hybridized carbons (Fsp3) is 0. The van der Waals surface area contributed by atoms with Crippen molar-refractivity contribution in [3.05, 3.63) is 237 Å². The molecule has 11 aromatic rings. The van der Waals surface area contributed by atoms with Crippen LogP contribution < -0.4 is 0 Å². The van der Waals surface area contributed by atoms with Crippen molar-refractivity contribution in [3.8, 4) is 84.1 Å². The standard InChI is InChI=1S/C58H39N3/c1-5-15-40(16-6-1)41-31-33-45(34-32-41)54-39-55(60-58(59-54)46-19-9-3-10-20-46)49-22-13-21-47(37-49)42-27-29-43(30-28-42)48-35-36-56-53(38-48)52-26-14-25-51(44-17-7-2-8-18-44)57(52)61(56)50-23-11-4-12-24-50/h1-39H. The van der Waals surface area contributed by atoms with E-state index in [2.05, 4.69) is 217 Å². The Balaban J connectivity index is 0.948. The average molecular weight is 778 g/mol. The summed E-state index contributed by atoms with van der Waals surface area (Å²) in [4.78, 5) is 10.2. The summed E-state index contributed by atoms with van der Waals surface area (Å²) < 4.78 is 2.41. The van der Waals surface area contributed by atoms with Gasteiger partial charge in [0, 0.05) is 38.7 Å². The molecule has 0 bridgehead atoms. The molecule has 3 nitrogen and oxygen atoms in total. The molecule has 61 heavy (non-hydrogen) atoms. The molecule has 0 atom stereocenters. The van der Waals surface area contributed by atoms with Crippen LogP contribution in [0.1, 0.15) is 0 Å². The first kappa shape index (κ1) is 36.0. The van der Waals surface area contributed by atoms with Gasteiger partial charge in [0.2, 0.25) is 0 Å². The summed E-state index contributed by atoms with van der Waals surface area (Å²) in [5.74, 6) is 0.704. The van der Waals surface area contributed by atoms with Crippen LogP contribution in [-0.2, 0) is 0 Å². The minimum atomic E-state index is 0.704. The molecule has 0 fully saturated rings. The molecule has 0 saturated carbocycles. The van der Waals surface area contributed by atoms with Crippen molar-refractivity contribution < 1.29 is 0 Å². The molecule has 0 N–H and O–H groups in total. The van der Waals surface area contributed by atoms with Crippen molar-refractivity contribution in [1.82, 2.24) is 14.5 Å². The molecule has 0 aliphatic heterocycles. The average Bonchev–Trinajstić information content (AvgIpc) is 3.69. The van der Waals surface area contributed by atoms with Gasteiger partial charge >= 0.3 is 0 Å². The Kier molecular flexibility index (Phi) is 9.18. The molecule has 0 saturated heterocycles. The third-order valence-corrected chi connectivity index (χ3v) is 11.6. The number of rotatable bonds is 8. The Morgan fingerprint density at radius 3 is 1.39 bits per heavy atom. The second-order valence-electron chi connectivity index (χ2n) is 15.4. The number of benzene rings is 9. The Labute approximate surface area is 355 Å². The maximum absolute atomic E-state index is 5.13. The van der Waals surface area contributed by atoms with Gasteiger partial charge in [-0.3, -0.25) is 0 Å². The van der Waals surface area contributed by atoms with Crippen molar-refractivity contribution in [1.29, 1.82) is 0 Å². The quantitative estimate of drug-likeness (QED) is 0.154. The fourth-order valence-corrected chi connectivity index (χ4v) is 8.58.